The van der Waals surface area contributed by atoms with Crippen LogP contribution in [0, 0.1) is 0 Å². The fraction of sp³-hybridized carbons (Fsp3) is 0.167. The van der Waals surface area contributed by atoms with Crippen molar-refractivity contribution in [2.24, 2.45) is 5.73 Å². The van der Waals surface area contributed by atoms with Crippen molar-refractivity contribution in [3.8, 4) is 22.5 Å². The van der Waals surface area contributed by atoms with Gasteiger partial charge in [-0.15, -0.1) is 0 Å². The first-order valence-electron chi connectivity index (χ1n) is 9.71. The van der Waals surface area contributed by atoms with E-state index in [1.165, 1.54) is 6.20 Å². The van der Waals surface area contributed by atoms with E-state index in [1.54, 1.807) is 6.07 Å². The fourth-order valence-corrected chi connectivity index (χ4v) is 4.01. The number of fused-ring (bicyclic) bond motifs is 1. The minimum Gasteiger partial charge on any atom is -0.449 e. The predicted molar refractivity (Wildman–Crippen MR) is 114 cm³/mol. The van der Waals surface area contributed by atoms with E-state index in [2.05, 4.69) is 4.98 Å². The molecule has 0 radical (unpaired) electrons. The summed E-state index contributed by atoms with van der Waals surface area (Å²) in [5.74, 6) is 0.388. The highest BCUT2D eigenvalue weighted by atomic mass is 16.3. The molecule has 0 spiro atoms. The number of pyridine rings is 1. The average molecular weight is 384 g/mol. The van der Waals surface area contributed by atoms with Crippen LogP contribution in [0.25, 0.3) is 33.4 Å². The molecule has 0 unspecified atom stereocenters. The van der Waals surface area contributed by atoms with Gasteiger partial charge in [-0.1, -0.05) is 54.6 Å². The first-order valence-corrected chi connectivity index (χ1v) is 9.71. The largest absolute Gasteiger partial charge is 0.449 e. The molecule has 144 valence electrons. The van der Waals surface area contributed by atoms with Crippen molar-refractivity contribution in [2.45, 2.75) is 24.8 Å². The van der Waals surface area contributed by atoms with Crippen LogP contribution in [0.2, 0.25) is 0 Å². The van der Waals surface area contributed by atoms with Gasteiger partial charge in [-0.2, -0.15) is 0 Å². The molecular weight excluding hydrogens is 364 g/mol. The Balaban J connectivity index is 1.77. The minimum absolute atomic E-state index is 0.0344. The van der Waals surface area contributed by atoms with Crippen molar-refractivity contribution < 1.29 is 4.42 Å². The molecule has 5 nitrogen and oxygen atoms in total. The Hall–Kier alpha value is -3.44. The number of nitrogens with two attached hydrogens (primary N) is 1. The molecule has 29 heavy (non-hydrogen) atoms. The van der Waals surface area contributed by atoms with Crippen molar-refractivity contribution in [3.63, 3.8) is 0 Å². The van der Waals surface area contributed by atoms with E-state index in [-0.39, 0.29) is 21.9 Å². The predicted octanol–water partition coefficient (Wildman–Crippen LogP) is 4.15. The topological polar surface area (TPSA) is 89.1 Å². The number of aromatic amines is 1. The number of hydrogen-bond donors (Lipinski definition) is 2. The second-order valence-corrected chi connectivity index (χ2v) is 7.64. The number of aromatic nitrogens is 1. The van der Waals surface area contributed by atoms with Gasteiger partial charge in [0, 0.05) is 17.3 Å². The molecule has 2 heterocycles. The van der Waals surface area contributed by atoms with Gasteiger partial charge in [0.2, 0.25) is 11.0 Å². The lowest BCUT2D eigenvalue weighted by Crippen LogP contribution is -2.43. The molecule has 0 aliphatic heterocycles. The number of hydrogen-bond acceptors (Lipinski definition) is 4. The molecule has 2 aromatic carbocycles. The summed E-state index contributed by atoms with van der Waals surface area (Å²) in [6.45, 7) is 0. The molecule has 1 aliphatic carbocycles. The van der Waals surface area contributed by atoms with Crippen molar-refractivity contribution in [3.05, 3.63) is 93.0 Å². The lowest BCUT2D eigenvalue weighted by Gasteiger charge is -2.38. The Labute approximate surface area is 166 Å². The quantitative estimate of drug-likeness (QED) is 0.555. The van der Waals surface area contributed by atoms with Crippen LogP contribution in [0.1, 0.15) is 24.8 Å². The van der Waals surface area contributed by atoms with Gasteiger partial charge in [0.05, 0.1) is 10.9 Å². The van der Waals surface area contributed by atoms with E-state index in [9.17, 15) is 9.59 Å². The number of H-pyrrole nitrogens is 1. The molecule has 5 rings (SSSR count). The van der Waals surface area contributed by atoms with Crippen LogP contribution in [-0.4, -0.2) is 4.98 Å². The Bertz CT molecular complexity index is 1310. The summed E-state index contributed by atoms with van der Waals surface area (Å²) in [5, 5.41) is 0.266. The van der Waals surface area contributed by atoms with E-state index in [4.69, 9.17) is 10.2 Å². The van der Waals surface area contributed by atoms with Gasteiger partial charge in [0.1, 0.15) is 5.76 Å². The Kier molecular flexibility index (Phi) is 4.00. The third kappa shape index (κ3) is 2.82. The third-order valence-corrected chi connectivity index (χ3v) is 5.85. The van der Waals surface area contributed by atoms with Crippen molar-refractivity contribution in [1.82, 2.24) is 4.98 Å². The van der Waals surface area contributed by atoms with Crippen molar-refractivity contribution >= 4 is 11.0 Å². The second kappa shape index (κ2) is 6.57. The van der Waals surface area contributed by atoms with E-state index in [0.29, 0.717) is 11.3 Å². The third-order valence-electron chi connectivity index (χ3n) is 5.85. The SMILES string of the molecule is NC1(c2ccc(-c3c(-c4ccccc4)oc4c(=O)[nH]ccc4c3=O)cc2)CCC1. The van der Waals surface area contributed by atoms with Crippen LogP contribution >= 0.6 is 0 Å². The monoisotopic (exact) mass is 384 g/mol. The van der Waals surface area contributed by atoms with Crippen LogP contribution in [0.4, 0.5) is 0 Å². The van der Waals surface area contributed by atoms with Crippen molar-refractivity contribution in [1.29, 1.82) is 0 Å². The zero-order valence-corrected chi connectivity index (χ0v) is 15.8. The molecule has 0 atom stereocenters. The molecule has 5 heteroatoms. The molecule has 1 fully saturated rings. The summed E-state index contributed by atoms with van der Waals surface area (Å²) in [5.41, 5.74) is 8.56. The highest BCUT2D eigenvalue weighted by molar-refractivity contribution is 5.88. The van der Waals surface area contributed by atoms with Gasteiger partial charge in [-0.25, -0.2) is 0 Å². The molecular formula is C24H20N2O3. The Morgan fingerprint density at radius 1 is 0.897 bits per heavy atom. The molecule has 2 aromatic heterocycles. The lowest BCUT2D eigenvalue weighted by atomic mass is 9.72. The molecule has 0 bridgehead atoms. The summed E-state index contributed by atoms with van der Waals surface area (Å²) in [4.78, 5) is 28.2. The summed E-state index contributed by atoms with van der Waals surface area (Å²) in [6.07, 6.45) is 4.55. The zero-order valence-electron chi connectivity index (χ0n) is 15.8. The van der Waals surface area contributed by atoms with Crippen LogP contribution < -0.4 is 16.7 Å². The lowest BCUT2D eigenvalue weighted by molar-refractivity contribution is 0.253. The molecule has 0 saturated heterocycles. The van der Waals surface area contributed by atoms with Crippen molar-refractivity contribution in [2.75, 3.05) is 0 Å². The highest BCUT2D eigenvalue weighted by Gasteiger charge is 2.34. The molecule has 3 N–H and O–H groups in total. The Morgan fingerprint density at radius 3 is 2.28 bits per heavy atom. The summed E-state index contributed by atoms with van der Waals surface area (Å²) in [7, 11) is 0. The maximum absolute atomic E-state index is 13.4. The summed E-state index contributed by atoms with van der Waals surface area (Å²) >= 11 is 0. The summed E-state index contributed by atoms with van der Waals surface area (Å²) < 4.78 is 6.01. The number of rotatable bonds is 3. The van der Waals surface area contributed by atoms with Crippen LogP contribution in [0.5, 0.6) is 0 Å². The van der Waals surface area contributed by atoms with Crippen LogP contribution in [-0.2, 0) is 5.54 Å². The normalized spacial score (nSPS) is 15.2. The van der Waals surface area contributed by atoms with E-state index in [0.717, 1.165) is 36.0 Å². The first-order chi connectivity index (χ1) is 14.1. The van der Waals surface area contributed by atoms with Gasteiger partial charge in [0.15, 0.2) is 0 Å². The van der Waals surface area contributed by atoms with Gasteiger partial charge >= 0.3 is 0 Å². The van der Waals surface area contributed by atoms with Gasteiger partial charge in [-0.05, 0) is 36.5 Å². The van der Waals surface area contributed by atoms with Gasteiger partial charge < -0.3 is 15.1 Å². The zero-order chi connectivity index (χ0) is 20.0. The Morgan fingerprint density at radius 2 is 1.62 bits per heavy atom. The maximum Gasteiger partial charge on any atom is 0.291 e. The maximum atomic E-state index is 13.4. The number of nitrogens with one attached hydrogen (secondary N) is 1. The first kappa shape index (κ1) is 17.6. The smallest absolute Gasteiger partial charge is 0.291 e. The number of benzene rings is 2. The van der Waals surface area contributed by atoms with Crippen LogP contribution in [0.15, 0.2) is 80.9 Å². The van der Waals surface area contributed by atoms with E-state index in [1.807, 2.05) is 54.6 Å². The molecule has 0 amide bonds. The van der Waals surface area contributed by atoms with Gasteiger partial charge in [-0.3, -0.25) is 9.59 Å². The van der Waals surface area contributed by atoms with E-state index < -0.39 is 5.56 Å². The molecule has 4 aromatic rings. The summed E-state index contributed by atoms with van der Waals surface area (Å²) in [6, 6.07) is 18.8. The highest BCUT2D eigenvalue weighted by Crippen LogP contribution is 2.39. The van der Waals surface area contributed by atoms with E-state index >= 15 is 0 Å². The minimum atomic E-state index is -0.422. The molecule has 1 aliphatic rings. The molecule has 1 saturated carbocycles. The standard InChI is InChI=1S/C24H20N2O3/c25-24(12-4-13-24)17-9-7-15(8-10-17)19-20(27)18-11-14-26-23(28)22(18)29-21(19)16-5-2-1-3-6-16/h1-3,5-11,14H,4,12-13,25H2,(H,26,28). The van der Waals surface area contributed by atoms with Crippen LogP contribution in [0.3, 0.4) is 0 Å². The second-order valence-electron chi connectivity index (χ2n) is 7.64. The van der Waals surface area contributed by atoms with Gasteiger partial charge in [0.25, 0.3) is 5.56 Å². The fourth-order valence-electron chi connectivity index (χ4n) is 4.01. The average Bonchev–Trinajstić information content (AvgIpc) is 2.73.